The minimum Gasteiger partial charge on any atom is -0.480 e. The third-order valence-electron chi connectivity index (χ3n) is 3.75. The second-order valence-corrected chi connectivity index (χ2v) is 7.66. The van der Waals surface area contributed by atoms with Gasteiger partial charge in [0.2, 0.25) is 0 Å². The molecule has 0 spiro atoms. The van der Waals surface area contributed by atoms with Crippen LogP contribution >= 0.6 is 0 Å². The largest absolute Gasteiger partial charge is 0.480 e. The standard InChI is InChI=1S/C12H19NO6S/c1-8-2-3-10(19-8)12(16)13(6-11(14)15)9-4-5-20(17,18)7-9/h8-10H,2-7H2,1H3,(H,14,15). The van der Waals surface area contributed by atoms with Crippen molar-refractivity contribution in [2.45, 2.75) is 44.4 Å². The maximum Gasteiger partial charge on any atom is 0.323 e. The molecule has 8 heteroatoms. The highest BCUT2D eigenvalue weighted by molar-refractivity contribution is 7.91. The van der Waals surface area contributed by atoms with Crippen molar-refractivity contribution in [3.63, 3.8) is 0 Å². The molecule has 2 heterocycles. The van der Waals surface area contributed by atoms with E-state index in [9.17, 15) is 18.0 Å². The minimum atomic E-state index is -3.17. The molecule has 0 aromatic rings. The molecule has 0 radical (unpaired) electrons. The smallest absolute Gasteiger partial charge is 0.323 e. The van der Waals surface area contributed by atoms with Crippen molar-refractivity contribution < 1.29 is 27.9 Å². The number of carboxylic acids is 1. The maximum absolute atomic E-state index is 12.4. The second kappa shape index (κ2) is 5.69. The number of hydrogen-bond donors (Lipinski definition) is 1. The summed E-state index contributed by atoms with van der Waals surface area (Å²) in [5.41, 5.74) is 0. The highest BCUT2D eigenvalue weighted by Crippen LogP contribution is 2.24. The van der Waals surface area contributed by atoms with Gasteiger partial charge in [0, 0.05) is 6.04 Å². The topological polar surface area (TPSA) is 101 Å². The summed E-state index contributed by atoms with van der Waals surface area (Å²) in [6.45, 7) is 1.38. The van der Waals surface area contributed by atoms with Crippen molar-refractivity contribution in [3.8, 4) is 0 Å². The van der Waals surface area contributed by atoms with Gasteiger partial charge in [-0.2, -0.15) is 0 Å². The summed E-state index contributed by atoms with van der Waals surface area (Å²) in [6, 6.07) is -0.553. The summed E-state index contributed by atoms with van der Waals surface area (Å²) in [4.78, 5) is 24.5. The second-order valence-electron chi connectivity index (χ2n) is 5.43. The molecule has 3 atom stereocenters. The first-order valence-electron chi connectivity index (χ1n) is 6.66. The number of carboxylic acid groups (broad SMARTS) is 1. The van der Waals surface area contributed by atoms with Crippen LogP contribution in [0.4, 0.5) is 0 Å². The Bertz CT molecular complexity index is 502. The fraction of sp³-hybridized carbons (Fsp3) is 0.833. The molecular weight excluding hydrogens is 286 g/mol. The Morgan fingerprint density at radius 2 is 2.00 bits per heavy atom. The molecule has 0 aliphatic carbocycles. The zero-order valence-corrected chi connectivity index (χ0v) is 12.1. The number of nitrogens with zero attached hydrogens (tertiary/aromatic N) is 1. The molecule has 114 valence electrons. The molecule has 1 amide bonds. The zero-order valence-electron chi connectivity index (χ0n) is 11.3. The van der Waals surface area contributed by atoms with E-state index in [-0.39, 0.29) is 17.6 Å². The van der Waals surface area contributed by atoms with Crippen LogP contribution in [0.15, 0.2) is 0 Å². The van der Waals surface area contributed by atoms with Crippen molar-refractivity contribution in [1.29, 1.82) is 0 Å². The lowest BCUT2D eigenvalue weighted by Crippen LogP contribution is -2.48. The Morgan fingerprint density at radius 1 is 1.30 bits per heavy atom. The fourth-order valence-electron chi connectivity index (χ4n) is 2.72. The highest BCUT2D eigenvalue weighted by atomic mass is 32.2. The highest BCUT2D eigenvalue weighted by Gasteiger charge is 2.39. The van der Waals surface area contributed by atoms with E-state index in [1.54, 1.807) is 0 Å². The molecule has 2 rings (SSSR count). The Morgan fingerprint density at radius 3 is 2.45 bits per heavy atom. The van der Waals surface area contributed by atoms with Gasteiger partial charge in [0.05, 0.1) is 17.6 Å². The predicted molar refractivity (Wildman–Crippen MR) is 70.0 cm³/mol. The molecule has 2 aliphatic rings. The van der Waals surface area contributed by atoms with E-state index in [1.807, 2.05) is 6.92 Å². The number of rotatable bonds is 4. The summed E-state index contributed by atoms with van der Waals surface area (Å²) < 4.78 is 28.5. The van der Waals surface area contributed by atoms with Crippen LogP contribution in [0.1, 0.15) is 26.2 Å². The van der Waals surface area contributed by atoms with Crippen LogP contribution in [0.25, 0.3) is 0 Å². The quantitative estimate of drug-likeness (QED) is 0.762. The normalized spacial score (nSPS) is 32.1. The van der Waals surface area contributed by atoms with Crippen molar-refractivity contribution in [2.75, 3.05) is 18.1 Å². The number of hydrogen-bond acceptors (Lipinski definition) is 5. The fourth-order valence-corrected chi connectivity index (χ4v) is 4.45. The summed E-state index contributed by atoms with van der Waals surface area (Å²) >= 11 is 0. The molecule has 0 aromatic heterocycles. The molecule has 0 saturated carbocycles. The molecule has 0 aromatic carbocycles. The molecule has 0 bridgehead atoms. The average molecular weight is 305 g/mol. The van der Waals surface area contributed by atoms with Gasteiger partial charge in [-0.05, 0) is 26.2 Å². The van der Waals surface area contributed by atoms with Crippen molar-refractivity contribution >= 4 is 21.7 Å². The van der Waals surface area contributed by atoms with Crippen LogP contribution in [0, 0.1) is 0 Å². The van der Waals surface area contributed by atoms with Crippen LogP contribution in [0.3, 0.4) is 0 Å². The lowest BCUT2D eigenvalue weighted by molar-refractivity contribution is -0.152. The minimum absolute atomic E-state index is 0.00297. The average Bonchev–Trinajstić information content (AvgIpc) is 2.91. The van der Waals surface area contributed by atoms with Gasteiger partial charge >= 0.3 is 5.97 Å². The van der Waals surface area contributed by atoms with E-state index in [0.717, 1.165) is 11.3 Å². The molecule has 3 unspecified atom stereocenters. The summed E-state index contributed by atoms with van der Waals surface area (Å²) in [5.74, 6) is -1.70. The number of sulfone groups is 1. The molecular formula is C12H19NO6S. The Balaban J connectivity index is 2.11. The van der Waals surface area contributed by atoms with Crippen molar-refractivity contribution in [2.24, 2.45) is 0 Å². The Kier molecular flexibility index (Phi) is 4.33. The molecule has 2 fully saturated rings. The van der Waals surface area contributed by atoms with E-state index in [1.165, 1.54) is 0 Å². The third-order valence-corrected chi connectivity index (χ3v) is 5.50. The summed E-state index contributed by atoms with van der Waals surface area (Å²) in [7, 11) is -3.17. The molecule has 20 heavy (non-hydrogen) atoms. The third kappa shape index (κ3) is 3.49. The first kappa shape index (κ1) is 15.2. The number of aliphatic carboxylic acids is 1. The van der Waals surface area contributed by atoms with Gasteiger partial charge in [-0.25, -0.2) is 8.42 Å². The maximum atomic E-state index is 12.4. The number of carbonyl (C=O) groups excluding carboxylic acids is 1. The van der Waals surface area contributed by atoms with Gasteiger partial charge < -0.3 is 14.7 Å². The molecule has 1 N–H and O–H groups in total. The van der Waals surface area contributed by atoms with Crippen LogP contribution in [-0.2, 0) is 24.2 Å². The van der Waals surface area contributed by atoms with E-state index in [4.69, 9.17) is 9.84 Å². The predicted octanol–water partition coefficient (Wildman–Crippen LogP) is -0.346. The number of ether oxygens (including phenoxy) is 1. The molecule has 2 saturated heterocycles. The molecule has 7 nitrogen and oxygen atoms in total. The van der Waals surface area contributed by atoms with Crippen LogP contribution in [0.5, 0.6) is 0 Å². The first-order chi connectivity index (χ1) is 9.28. The van der Waals surface area contributed by atoms with Crippen LogP contribution in [-0.4, -0.2) is 66.6 Å². The van der Waals surface area contributed by atoms with E-state index >= 15 is 0 Å². The lowest BCUT2D eigenvalue weighted by atomic mass is 10.1. The zero-order chi connectivity index (χ0) is 14.9. The van der Waals surface area contributed by atoms with Gasteiger partial charge in [0.1, 0.15) is 12.6 Å². The van der Waals surface area contributed by atoms with Gasteiger partial charge in [-0.3, -0.25) is 9.59 Å². The van der Waals surface area contributed by atoms with E-state index in [0.29, 0.717) is 12.8 Å². The first-order valence-corrected chi connectivity index (χ1v) is 8.49. The SMILES string of the molecule is CC1CCC(C(=O)N(CC(=O)O)C2CCS(=O)(=O)C2)O1. The van der Waals surface area contributed by atoms with Gasteiger partial charge in [-0.15, -0.1) is 0 Å². The van der Waals surface area contributed by atoms with Crippen LogP contribution < -0.4 is 0 Å². The van der Waals surface area contributed by atoms with Crippen molar-refractivity contribution in [3.05, 3.63) is 0 Å². The Hall–Kier alpha value is -1.15. The summed E-state index contributed by atoms with van der Waals surface area (Å²) in [6.07, 6.45) is 0.926. The van der Waals surface area contributed by atoms with Crippen molar-refractivity contribution in [1.82, 2.24) is 4.90 Å². The molecule has 2 aliphatic heterocycles. The van der Waals surface area contributed by atoms with Gasteiger partial charge in [0.25, 0.3) is 5.91 Å². The summed E-state index contributed by atoms with van der Waals surface area (Å²) in [5, 5.41) is 8.93. The Labute approximate surface area is 117 Å². The van der Waals surface area contributed by atoms with Gasteiger partial charge in [0.15, 0.2) is 9.84 Å². The van der Waals surface area contributed by atoms with E-state index in [2.05, 4.69) is 0 Å². The van der Waals surface area contributed by atoms with Crippen LogP contribution in [0.2, 0.25) is 0 Å². The number of amides is 1. The van der Waals surface area contributed by atoms with E-state index < -0.39 is 40.4 Å². The van der Waals surface area contributed by atoms with Gasteiger partial charge in [-0.1, -0.05) is 0 Å². The number of carbonyl (C=O) groups is 2. The monoisotopic (exact) mass is 305 g/mol. The lowest BCUT2D eigenvalue weighted by Gasteiger charge is -2.28.